The number of nitrogens with one attached hydrogen (secondary N) is 1. The van der Waals surface area contributed by atoms with Crippen molar-refractivity contribution in [3.63, 3.8) is 0 Å². The van der Waals surface area contributed by atoms with Gasteiger partial charge in [-0.2, -0.15) is 5.10 Å². The maximum atomic E-state index is 13.0. The smallest absolute Gasteiger partial charge is 0.244 e. The lowest BCUT2D eigenvalue weighted by molar-refractivity contribution is -0.120. The van der Waals surface area contributed by atoms with Crippen LogP contribution in [0, 0.1) is 0 Å². The Balaban J connectivity index is 1.45. The number of nitrogens with zero attached hydrogens (tertiary/aromatic N) is 4. The lowest BCUT2D eigenvalue weighted by atomic mass is 10.1. The van der Waals surface area contributed by atoms with Crippen LogP contribution in [0.3, 0.4) is 0 Å². The first kappa shape index (κ1) is 15.3. The van der Waals surface area contributed by atoms with E-state index in [-0.39, 0.29) is 24.0 Å². The minimum Gasteiger partial charge on any atom is -0.308 e. The molecule has 24 heavy (non-hydrogen) atoms. The van der Waals surface area contributed by atoms with Crippen LogP contribution in [0.2, 0.25) is 0 Å². The second-order valence-electron chi connectivity index (χ2n) is 6.87. The summed E-state index contributed by atoms with van der Waals surface area (Å²) in [4.78, 5) is 19.2. The van der Waals surface area contributed by atoms with Crippen molar-refractivity contribution in [1.82, 2.24) is 20.1 Å². The molecule has 6 nitrogen and oxygen atoms in total. The van der Waals surface area contributed by atoms with Crippen LogP contribution in [0.4, 0.5) is 5.69 Å². The molecule has 0 radical (unpaired) electrons. The van der Waals surface area contributed by atoms with Crippen molar-refractivity contribution in [2.24, 2.45) is 0 Å². The molecule has 1 N–H and O–H groups in total. The third-order valence-corrected chi connectivity index (χ3v) is 5.11. The van der Waals surface area contributed by atoms with E-state index >= 15 is 0 Å². The Morgan fingerprint density at radius 3 is 3.08 bits per heavy atom. The SMILES string of the molecule is CC(NC1CCc2ncnn2C1)C(=O)N1c2ccccc2CC1C. The number of aromatic nitrogens is 3. The molecule has 2 aliphatic rings. The Morgan fingerprint density at radius 2 is 2.21 bits per heavy atom. The fraction of sp³-hybridized carbons (Fsp3) is 0.500. The van der Waals surface area contributed by atoms with E-state index in [1.807, 2.05) is 34.7 Å². The second kappa shape index (κ2) is 6.02. The Morgan fingerprint density at radius 1 is 1.38 bits per heavy atom. The summed E-state index contributed by atoms with van der Waals surface area (Å²) in [6.07, 6.45) is 4.43. The minimum absolute atomic E-state index is 0.150. The maximum absolute atomic E-state index is 13.0. The zero-order chi connectivity index (χ0) is 16.7. The molecular weight excluding hydrogens is 302 g/mol. The molecule has 3 unspecified atom stereocenters. The van der Waals surface area contributed by atoms with E-state index < -0.39 is 0 Å². The van der Waals surface area contributed by atoms with E-state index in [1.165, 1.54) is 5.56 Å². The largest absolute Gasteiger partial charge is 0.308 e. The van der Waals surface area contributed by atoms with Crippen LogP contribution in [0.5, 0.6) is 0 Å². The standard InChI is InChI=1S/C18H23N5O/c1-12-9-14-5-3-4-6-16(14)23(12)18(24)13(2)21-15-7-8-17-19-11-20-22(17)10-15/h3-6,11-13,15,21H,7-10H2,1-2H3. The molecule has 4 rings (SSSR count). The molecule has 0 fully saturated rings. The summed E-state index contributed by atoms with van der Waals surface area (Å²) >= 11 is 0. The van der Waals surface area contributed by atoms with E-state index in [4.69, 9.17) is 0 Å². The summed E-state index contributed by atoms with van der Waals surface area (Å²) in [6, 6.07) is 8.46. The van der Waals surface area contributed by atoms with Crippen LogP contribution in [-0.4, -0.2) is 38.8 Å². The number of amides is 1. The molecule has 1 aromatic carbocycles. The van der Waals surface area contributed by atoms with Gasteiger partial charge >= 0.3 is 0 Å². The molecule has 0 saturated heterocycles. The van der Waals surface area contributed by atoms with Crippen molar-refractivity contribution in [2.45, 2.75) is 57.8 Å². The molecular formula is C18H23N5O. The van der Waals surface area contributed by atoms with Gasteiger partial charge in [-0.15, -0.1) is 0 Å². The van der Waals surface area contributed by atoms with Crippen molar-refractivity contribution < 1.29 is 4.79 Å². The molecule has 2 aromatic rings. The molecule has 1 aromatic heterocycles. The second-order valence-corrected chi connectivity index (χ2v) is 6.87. The number of hydrogen-bond donors (Lipinski definition) is 1. The van der Waals surface area contributed by atoms with Gasteiger partial charge in [0.05, 0.1) is 12.6 Å². The fourth-order valence-electron chi connectivity index (χ4n) is 3.91. The molecule has 0 saturated carbocycles. The van der Waals surface area contributed by atoms with E-state index in [0.717, 1.165) is 37.3 Å². The Hall–Kier alpha value is -2.21. The van der Waals surface area contributed by atoms with Crippen LogP contribution >= 0.6 is 0 Å². The molecule has 1 amide bonds. The number of carbonyl (C=O) groups excluding carboxylic acids is 1. The number of fused-ring (bicyclic) bond motifs is 2. The third-order valence-electron chi connectivity index (χ3n) is 5.11. The van der Waals surface area contributed by atoms with Gasteiger partial charge in [0.15, 0.2) is 0 Å². The number of hydrogen-bond acceptors (Lipinski definition) is 4. The zero-order valence-corrected chi connectivity index (χ0v) is 14.1. The van der Waals surface area contributed by atoms with Gasteiger partial charge in [0.1, 0.15) is 12.2 Å². The van der Waals surface area contributed by atoms with Gasteiger partial charge in [0.2, 0.25) is 5.91 Å². The van der Waals surface area contributed by atoms with Crippen molar-refractivity contribution in [3.8, 4) is 0 Å². The predicted molar refractivity (Wildman–Crippen MR) is 91.8 cm³/mol. The highest BCUT2D eigenvalue weighted by Gasteiger charge is 2.34. The number of anilines is 1. The first-order chi connectivity index (χ1) is 11.6. The highest BCUT2D eigenvalue weighted by atomic mass is 16.2. The average molecular weight is 325 g/mol. The summed E-state index contributed by atoms with van der Waals surface area (Å²) in [6.45, 7) is 4.86. The number of rotatable bonds is 3. The predicted octanol–water partition coefficient (Wildman–Crippen LogP) is 1.55. The Labute approximate surface area is 141 Å². The molecule has 0 aliphatic carbocycles. The van der Waals surface area contributed by atoms with Crippen LogP contribution in [0.15, 0.2) is 30.6 Å². The first-order valence-electron chi connectivity index (χ1n) is 8.67. The monoisotopic (exact) mass is 325 g/mol. The van der Waals surface area contributed by atoms with Gasteiger partial charge in [-0.05, 0) is 38.3 Å². The molecule has 0 bridgehead atoms. The highest BCUT2D eigenvalue weighted by Crippen LogP contribution is 2.32. The van der Waals surface area contributed by atoms with Gasteiger partial charge in [0, 0.05) is 24.2 Å². The van der Waals surface area contributed by atoms with E-state index in [1.54, 1.807) is 6.33 Å². The molecule has 2 aliphatic heterocycles. The Bertz CT molecular complexity index is 755. The molecule has 3 atom stereocenters. The molecule has 0 spiro atoms. The Kier molecular flexibility index (Phi) is 3.84. The summed E-state index contributed by atoms with van der Waals surface area (Å²) in [5.41, 5.74) is 2.32. The fourth-order valence-corrected chi connectivity index (χ4v) is 3.91. The quantitative estimate of drug-likeness (QED) is 0.930. The maximum Gasteiger partial charge on any atom is 0.244 e. The molecule has 6 heteroatoms. The summed E-state index contributed by atoms with van der Waals surface area (Å²) in [5.74, 6) is 1.19. The highest BCUT2D eigenvalue weighted by molar-refractivity contribution is 5.99. The third kappa shape index (κ3) is 2.60. The lowest BCUT2D eigenvalue weighted by Gasteiger charge is -2.30. The summed E-state index contributed by atoms with van der Waals surface area (Å²) in [7, 11) is 0. The van der Waals surface area contributed by atoms with Crippen LogP contribution in [-0.2, 0) is 24.2 Å². The normalized spacial score (nSPS) is 23.7. The van der Waals surface area contributed by atoms with Crippen LogP contribution < -0.4 is 10.2 Å². The van der Waals surface area contributed by atoms with Gasteiger partial charge in [-0.3, -0.25) is 4.79 Å². The van der Waals surface area contributed by atoms with Crippen LogP contribution in [0.25, 0.3) is 0 Å². The minimum atomic E-state index is -0.214. The lowest BCUT2D eigenvalue weighted by Crippen LogP contribution is -2.52. The molecule has 3 heterocycles. The van der Waals surface area contributed by atoms with Crippen LogP contribution in [0.1, 0.15) is 31.7 Å². The van der Waals surface area contributed by atoms with Crippen molar-refractivity contribution in [2.75, 3.05) is 4.90 Å². The van der Waals surface area contributed by atoms with Crippen molar-refractivity contribution in [1.29, 1.82) is 0 Å². The average Bonchev–Trinajstić information content (AvgIpc) is 3.16. The molecule has 126 valence electrons. The summed E-state index contributed by atoms with van der Waals surface area (Å²) < 4.78 is 1.94. The number of para-hydroxylation sites is 1. The van der Waals surface area contributed by atoms with E-state index in [2.05, 4.69) is 28.4 Å². The van der Waals surface area contributed by atoms with Gasteiger partial charge < -0.3 is 10.2 Å². The number of aryl methyl sites for hydroxylation is 1. The summed E-state index contributed by atoms with van der Waals surface area (Å²) in [5, 5.41) is 7.75. The van der Waals surface area contributed by atoms with Crippen molar-refractivity contribution >= 4 is 11.6 Å². The van der Waals surface area contributed by atoms with E-state index in [9.17, 15) is 4.79 Å². The van der Waals surface area contributed by atoms with Gasteiger partial charge in [-0.1, -0.05) is 18.2 Å². The first-order valence-corrected chi connectivity index (χ1v) is 8.67. The van der Waals surface area contributed by atoms with Gasteiger partial charge in [-0.25, -0.2) is 9.67 Å². The zero-order valence-electron chi connectivity index (χ0n) is 14.1. The topological polar surface area (TPSA) is 63.1 Å². The number of carbonyl (C=O) groups is 1. The van der Waals surface area contributed by atoms with E-state index in [0.29, 0.717) is 0 Å². The number of benzene rings is 1. The van der Waals surface area contributed by atoms with Crippen molar-refractivity contribution in [3.05, 3.63) is 42.0 Å². The van der Waals surface area contributed by atoms with Gasteiger partial charge in [0.25, 0.3) is 0 Å².